The van der Waals surface area contributed by atoms with Crippen LogP contribution in [0.5, 0.6) is 0 Å². The Hall–Kier alpha value is -0.120. The molecular formula is C13H28N2O. The van der Waals surface area contributed by atoms with E-state index in [2.05, 4.69) is 24.3 Å². The minimum Gasteiger partial charge on any atom is -0.378 e. The van der Waals surface area contributed by atoms with Crippen molar-refractivity contribution in [3.8, 4) is 0 Å². The summed E-state index contributed by atoms with van der Waals surface area (Å²) in [4.78, 5) is 2.25. The van der Waals surface area contributed by atoms with Crippen molar-refractivity contribution < 1.29 is 4.74 Å². The van der Waals surface area contributed by atoms with Crippen molar-refractivity contribution in [3.05, 3.63) is 0 Å². The quantitative estimate of drug-likeness (QED) is 0.610. The van der Waals surface area contributed by atoms with Gasteiger partial charge in [0.2, 0.25) is 0 Å². The maximum absolute atomic E-state index is 5.59. The molecule has 1 unspecified atom stereocenters. The summed E-state index contributed by atoms with van der Waals surface area (Å²) in [6, 6.07) is 0. The molecule has 1 fully saturated rings. The number of hydrogen-bond acceptors (Lipinski definition) is 3. The predicted octanol–water partition coefficient (Wildman–Crippen LogP) is 1.88. The standard InChI is InChI=1S/C13H28N2O/c1-15(2)11-4-3-9-14-10-5-7-13-8-6-12-16-13/h13-14H,3-12H2,1-2H3. The first-order valence-corrected chi connectivity index (χ1v) is 6.76. The number of rotatable bonds is 9. The van der Waals surface area contributed by atoms with Gasteiger partial charge in [-0.2, -0.15) is 0 Å². The molecule has 0 aromatic rings. The number of unbranched alkanes of at least 4 members (excludes halogenated alkanes) is 1. The van der Waals surface area contributed by atoms with E-state index in [1.54, 1.807) is 0 Å². The highest BCUT2D eigenvalue weighted by Gasteiger charge is 2.13. The molecule has 0 radical (unpaired) electrons. The number of nitrogens with zero attached hydrogens (tertiary/aromatic N) is 1. The van der Waals surface area contributed by atoms with Crippen LogP contribution >= 0.6 is 0 Å². The molecule has 1 N–H and O–H groups in total. The summed E-state index contributed by atoms with van der Waals surface area (Å²) in [5, 5.41) is 3.51. The molecular weight excluding hydrogens is 200 g/mol. The van der Waals surface area contributed by atoms with Gasteiger partial charge in [-0.05, 0) is 72.3 Å². The molecule has 1 rings (SSSR count). The molecule has 1 atom stereocenters. The molecule has 16 heavy (non-hydrogen) atoms. The second-order valence-corrected chi connectivity index (χ2v) is 5.04. The van der Waals surface area contributed by atoms with Gasteiger partial charge >= 0.3 is 0 Å². The van der Waals surface area contributed by atoms with Crippen molar-refractivity contribution in [2.75, 3.05) is 40.3 Å². The normalized spacial score (nSPS) is 20.8. The average Bonchev–Trinajstić information content (AvgIpc) is 2.74. The van der Waals surface area contributed by atoms with Crippen molar-refractivity contribution in [2.24, 2.45) is 0 Å². The number of nitrogens with one attached hydrogen (secondary N) is 1. The Morgan fingerprint density at radius 1 is 1.19 bits per heavy atom. The Kier molecular flexibility index (Phi) is 7.81. The lowest BCUT2D eigenvalue weighted by atomic mass is 10.1. The van der Waals surface area contributed by atoms with Crippen LogP contribution in [0.3, 0.4) is 0 Å². The van der Waals surface area contributed by atoms with E-state index < -0.39 is 0 Å². The van der Waals surface area contributed by atoms with Crippen LogP contribution in [0.1, 0.15) is 38.5 Å². The Bertz CT molecular complexity index is 156. The fraction of sp³-hybridized carbons (Fsp3) is 1.00. The molecule has 0 aliphatic carbocycles. The molecule has 96 valence electrons. The van der Waals surface area contributed by atoms with Gasteiger partial charge in [0.05, 0.1) is 6.10 Å². The summed E-state index contributed by atoms with van der Waals surface area (Å²) in [6.07, 6.45) is 8.20. The zero-order valence-corrected chi connectivity index (χ0v) is 11.0. The maximum Gasteiger partial charge on any atom is 0.0576 e. The molecule has 3 heteroatoms. The molecule has 1 aliphatic heterocycles. The minimum atomic E-state index is 0.565. The van der Waals surface area contributed by atoms with Crippen molar-refractivity contribution >= 4 is 0 Å². The van der Waals surface area contributed by atoms with Gasteiger partial charge in [-0.1, -0.05) is 0 Å². The van der Waals surface area contributed by atoms with E-state index >= 15 is 0 Å². The third-order valence-corrected chi connectivity index (χ3v) is 3.11. The molecule has 0 spiro atoms. The van der Waals surface area contributed by atoms with Gasteiger partial charge in [-0.3, -0.25) is 0 Å². The Morgan fingerprint density at radius 3 is 2.69 bits per heavy atom. The van der Waals surface area contributed by atoms with Crippen LogP contribution < -0.4 is 5.32 Å². The lowest BCUT2D eigenvalue weighted by Gasteiger charge is -2.10. The molecule has 1 saturated heterocycles. The van der Waals surface area contributed by atoms with Gasteiger partial charge in [0.1, 0.15) is 0 Å². The summed E-state index contributed by atoms with van der Waals surface area (Å²) < 4.78 is 5.59. The fourth-order valence-electron chi connectivity index (χ4n) is 2.13. The highest BCUT2D eigenvalue weighted by Crippen LogP contribution is 2.16. The van der Waals surface area contributed by atoms with E-state index in [0.29, 0.717) is 6.10 Å². The van der Waals surface area contributed by atoms with E-state index in [1.807, 2.05) is 0 Å². The maximum atomic E-state index is 5.59. The van der Waals surface area contributed by atoms with Crippen molar-refractivity contribution in [3.63, 3.8) is 0 Å². The second kappa shape index (κ2) is 8.97. The van der Waals surface area contributed by atoms with E-state index in [9.17, 15) is 0 Å². The zero-order chi connectivity index (χ0) is 11.6. The first-order chi connectivity index (χ1) is 7.79. The molecule has 0 aromatic heterocycles. The van der Waals surface area contributed by atoms with Crippen LogP contribution in [0.4, 0.5) is 0 Å². The molecule has 3 nitrogen and oxygen atoms in total. The summed E-state index contributed by atoms with van der Waals surface area (Å²) in [5.74, 6) is 0. The zero-order valence-electron chi connectivity index (χ0n) is 11.0. The van der Waals surface area contributed by atoms with Gasteiger partial charge < -0.3 is 15.0 Å². The van der Waals surface area contributed by atoms with Gasteiger partial charge in [-0.15, -0.1) is 0 Å². The van der Waals surface area contributed by atoms with Gasteiger partial charge in [0, 0.05) is 6.61 Å². The average molecular weight is 228 g/mol. The molecule has 1 heterocycles. The predicted molar refractivity (Wildman–Crippen MR) is 68.9 cm³/mol. The molecule has 0 bridgehead atoms. The smallest absolute Gasteiger partial charge is 0.0576 e. The van der Waals surface area contributed by atoms with Crippen LogP contribution in [0.15, 0.2) is 0 Å². The van der Waals surface area contributed by atoms with Gasteiger partial charge in [0.15, 0.2) is 0 Å². The largest absolute Gasteiger partial charge is 0.378 e. The summed E-state index contributed by atoms with van der Waals surface area (Å²) >= 11 is 0. The van der Waals surface area contributed by atoms with E-state index in [4.69, 9.17) is 4.74 Å². The van der Waals surface area contributed by atoms with Crippen molar-refractivity contribution in [2.45, 2.75) is 44.6 Å². The highest BCUT2D eigenvalue weighted by molar-refractivity contribution is 4.65. The van der Waals surface area contributed by atoms with Crippen LogP contribution in [-0.2, 0) is 4.74 Å². The third kappa shape index (κ3) is 7.20. The lowest BCUT2D eigenvalue weighted by molar-refractivity contribution is 0.102. The van der Waals surface area contributed by atoms with Crippen LogP contribution in [0.25, 0.3) is 0 Å². The number of ether oxygens (including phenoxy) is 1. The fourth-order valence-corrected chi connectivity index (χ4v) is 2.13. The summed E-state index contributed by atoms with van der Waals surface area (Å²) in [5.41, 5.74) is 0. The monoisotopic (exact) mass is 228 g/mol. The van der Waals surface area contributed by atoms with Crippen LogP contribution in [-0.4, -0.2) is 51.3 Å². The Balaban J connectivity index is 1.74. The van der Waals surface area contributed by atoms with Crippen LogP contribution in [0.2, 0.25) is 0 Å². The number of hydrogen-bond donors (Lipinski definition) is 1. The topological polar surface area (TPSA) is 24.5 Å². The first-order valence-electron chi connectivity index (χ1n) is 6.76. The summed E-state index contributed by atoms with van der Waals surface area (Å²) in [6.45, 7) is 4.52. The summed E-state index contributed by atoms with van der Waals surface area (Å²) in [7, 11) is 4.27. The lowest BCUT2D eigenvalue weighted by Crippen LogP contribution is -2.20. The third-order valence-electron chi connectivity index (χ3n) is 3.11. The van der Waals surface area contributed by atoms with E-state index in [-0.39, 0.29) is 0 Å². The molecule has 0 aromatic carbocycles. The van der Waals surface area contributed by atoms with Gasteiger partial charge in [0.25, 0.3) is 0 Å². The van der Waals surface area contributed by atoms with Crippen molar-refractivity contribution in [1.29, 1.82) is 0 Å². The molecule has 0 saturated carbocycles. The first kappa shape index (κ1) is 13.9. The second-order valence-electron chi connectivity index (χ2n) is 5.04. The Labute approximate surface area is 101 Å². The van der Waals surface area contributed by atoms with E-state index in [1.165, 1.54) is 51.6 Å². The SMILES string of the molecule is CN(C)CCCCNCCCC1CCCO1. The highest BCUT2D eigenvalue weighted by atomic mass is 16.5. The van der Waals surface area contributed by atoms with Crippen LogP contribution in [0, 0.1) is 0 Å². The molecule has 0 amide bonds. The van der Waals surface area contributed by atoms with Gasteiger partial charge in [-0.25, -0.2) is 0 Å². The van der Waals surface area contributed by atoms with E-state index in [0.717, 1.165) is 13.2 Å². The van der Waals surface area contributed by atoms with Crippen molar-refractivity contribution in [1.82, 2.24) is 10.2 Å². The minimum absolute atomic E-state index is 0.565. The molecule has 1 aliphatic rings. The Morgan fingerprint density at radius 2 is 2.00 bits per heavy atom.